The Hall–Kier alpha value is -0.980. The smallest absolute Gasteiger partial charge is 0.295 e. The van der Waals surface area contributed by atoms with E-state index in [-0.39, 0.29) is 6.47 Å². The number of hydrogen-bond donors (Lipinski definition) is 4. The highest BCUT2D eigenvalue weighted by atomic mass is 32.2. The molecule has 0 bridgehead atoms. The van der Waals surface area contributed by atoms with E-state index in [1.807, 2.05) is 0 Å². The molecule has 14 nitrogen and oxygen atoms in total. The zero-order valence-electron chi connectivity index (χ0n) is 15.6. The number of rotatable bonds is 9. The maximum Gasteiger partial charge on any atom is 0.295 e. The topological polar surface area (TPSA) is 186 Å². The van der Waals surface area contributed by atoms with Crippen molar-refractivity contribution in [3.63, 3.8) is 0 Å². The predicted octanol–water partition coefficient (Wildman–Crippen LogP) is -3.44. The minimum Gasteiger partial charge on any atom is -0.435 e. The minimum atomic E-state index is -3.38. The Balaban J connectivity index is 2.19. The fraction of sp³-hybridized carbons (Fsp3) is 0.929. The van der Waals surface area contributed by atoms with E-state index < -0.39 is 72.6 Å². The summed E-state index contributed by atoms with van der Waals surface area (Å²) in [6.07, 6.45) is -13.9. The van der Waals surface area contributed by atoms with E-state index in [9.17, 15) is 28.5 Å². The lowest BCUT2D eigenvalue weighted by Gasteiger charge is -2.45. The van der Waals surface area contributed by atoms with Gasteiger partial charge in [-0.2, -0.15) is 0 Å². The van der Waals surface area contributed by atoms with E-state index in [1.165, 1.54) is 21.1 Å². The van der Waals surface area contributed by atoms with Gasteiger partial charge in [0.15, 0.2) is 24.8 Å². The first-order valence-electron chi connectivity index (χ1n) is 8.38. The van der Waals surface area contributed by atoms with Gasteiger partial charge in [0.25, 0.3) is 17.5 Å². The Morgan fingerprint density at radius 3 is 2.10 bits per heavy atom. The Morgan fingerprint density at radius 1 is 0.862 bits per heavy atom. The molecule has 10 unspecified atom stereocenters. The third-order valence-electron chi connectivity index (χ3n) is 4.45. The molecule has 0 aliphatic carbocycles. The summed E-state index contributed by atoms with van der Waals surface area (Å²) in [7, 11) is -0.907. The van der Waals surface area contributed by atoms with Gasteiger partial charge < -0.3 is 43.7 Å². The van der Waals surface area contributed by atoms with Crippen LogP contribution >= 0.6 is 0 Å². The summed E-state index contributed by atoms with van der Waals surface area (Å²) < 4.78 is 56.3. The van der Waals surface area contributed by atoms with Crippen LogP contribution in [0.3, 0.4) is 0 Å². The highest BCUT2D eigenvalue weighted by molar-refractivity contribution is 7.67. The molecule has 29 heavy (non-hydrogen) atoms. The van der Waals surface area contributed by atoms with Gasteiger partial charge in [-0.1, -0.05) is 0 Å². The van der Waals surface area contributed by atoms with Crippen LogP contribution in [0.4, 0.5) is 0 Å². The molecule has 2 aliphatic rings. The van der Waals surface area contributed by atoms with Crippen molar-refractivity contribution in [2.45, 2.75) is 68.5 Å². The van der Waals surface area contributed by atoms with E-state index in [1.54, 1.807) is 0 Å². The summed E-state index contributed by atoms with van der Waals surface area (Å²) >= 11 is 0. The highest BCUT2D eigenvalue weighted by Crippen LogP contribution is 2.31. The standard InChI is InChI=1S/C14H24O14S/c1-5-9(21-2)10(27-28-29(19)20)8(18)13(24-5)25-11-6(16)7(17)12(22-3)26-14(11)23-4-15/h4-14,16-18,29H,1-3H3. The summed E-state index contributed by atoms with van der Waals surface area (Å²) in [5.74, 6) is 0. The van der Waals surface area contributed by atoms with Gasteiger partial charge in [0, 0.05) is 14.2 Å². The van der Waals surface area contributed by atoms with Crippen LogP contribution in [0.15, 0.2) is 0 Å². The predicted molar refractivity (Wildman–Crippen MR) is 87.1 cm³/mol. The molecular formula is C14H24O14S. The molecular weight excluding hydrogens is 424 g/mol. The van der Waals surface area contributed by atoms with Gasteiger partial charge in [-0.3, -0.25) is 4.79 Å². The van der Waals surface area contributed by atoms with E-state index in [4.69, 9.17) is 33.3 Å². The van der Waals surface area contributed by atoms with Crippen molar-refractivity contribution in [2.24, 2.45) is 0 Å². The molecule has 15 heteroatoms. The summed E-state index contributed by atoms with van der Waals surface area (Å²) in [6, 6.07) is 0. The number of thiol groups is 1. The molecule has 2 fully saturated rings. The fourth-order valence-electron chi connectivity index (χ4n) is 3.09. The van der Waals surface area contributed by atoms with Gasteiger partial charge in [0.05, 0.1) is 6.10 Å². The van der Waals surface area contributed by atoms with Crippen molar-refractivity contribution >= 4 is 17.5 Å². The van der Waals surface area contributed by atoms with E-state index in [2.05, 4.69) is 4.33 Å². The van der Waals surface area contributed by atoms with Gasteiger partial charge in [-0.15, -0.1) is 4.33 Å². The van der Waals surface area contributed by atoms with Crippen molar-refractivity contribution in [2.75, 3.05) is 14.2 Å². The summed E-state index contributed by atoms with van der Waals surface area (Å²) in [5.41, 5.74) is 0. The molecule has 2 rings (SSSR count). The van der Waals surface area contributed by atoms with Crippen LogP contribution < -0.4 is 0 Å². The summed E-state index contributed by atoms with van der Waals surface area (Å²) in [4.78, 5) is 15.5. The van der Waals surface area contributed by atoms with Crippen molar-refractivity contribution < 1.29 is 66.2 Å². The van der Waals surface area contributed by atoms with Crippen molar-refractivity contribution in [3.8, 4) is 0 Å². The largest absolute Gasteiger partial charge is 0.435 e. The van der Waals surface area contributed by atoms with Gasteiger partial charge in [-0.05, 0) is 6.92 Å². The van der Waals surface area contributed by atoms with Crippen LogP contribution in [0, 0.1) is 0 Å². The minimum absolute atomic E-state index is 0.0322. The molecule has 0 radical (unpaired) electrons. The quantitative estimate of drug-likeness (QED) is 0.118. The summed E-state index contributed by atoms with van der Waals surface area (Å²) in [5, 5.41) is 30.9. The normalized spacial score (nSPS) is 43.3. The van der Waals surface area contributed by atoms with Crippen LogP contribution in [0.1, 0.15) is 6.92 Å². The molecule has 0 aromatic carbocycles. The lowest BCUT2D eigenvalue weighted by molar-refractivity contribution is -0.395. The van der Waals surface area contributed by atoms with E-state index >= 15 is 0 Å². The Bertz CT molecular complexity index is 593. The van der Waals surface area contributed by atoms with Crippen molar-refractivity contribution in [1.82, 2.24) is 0 Å². The van der Waals surface area contributed by atoms with Gasteiger partial charge in [0.2, 0.25) is 6.29 Å². The number of hydrogen-bond acceptors (Lipinski definition) is 14. The average molecular weight is 448 g/mol. The second-order valence-electron chi connectivity index (χ2n) is 6.18. The number of aliphatic hydroxyl groups is 3. The molecule has 0 amide bonds. The first kappa shape index (κ1) is 24.3. The molecule has 0 saturated carbocycles. The van der Waals surface area contributed by atoms with Gasteiger partial charge >= 0.3 is 0 Å². The van der Waals surface area contributed by atoms with Crippen molar-refractivity contribution in [1.29, 1.82) is 0 Å². The van der Waals surface area contributed by atoms with Crippen LogP contribution in [0.5, 0.6) is 0 Å². The summed E-state index contributed by atoms with van der Waals surface area (Å²) in [6.45, 7) is 1.55. The van der Waals surface area contributed by atoms with Crippen LogP contribution in [-0.4, -0.2) is 106 Å². The third-order valence-corrected chi connectivity index (χ3v) is 4.66. The Morgan fingerprint density at radius 2 is 1.55 bits per heavy atom. The van der Waals surface area contributed by atoms with Crippen LogP contribution in [0.2, 0.25) is 0 Å². The molecule has 2 aliphatic heterocycles. The van der Waals surface area contributed by atoms with E-state index in [0.29, 0.717) is 0 Å². The number of ether oxygens (including phenoxy) is 6. The SMILES string of the molecule is COC1OC(OC=O)C(OC2OC(C)C(OC)C(OO[SH](=O)=O)C2O)C(O)C1O. The van der Waals surface area contributed by atoms with Crippen molar-refractivity contribution in [3.05, 3.63) is 0 Å². The van der Waals surface area contributed by atoms with Gasteiger partial charge in [-0.25, -0.2) is 13.3 Å². The highest BCUT2D eigenvalue weighted by Gasteiger charge is 2.52. The number of carbonyl (C=O) groups excluding carboxylic acids is 1. The molecule has 0 aromatic heterocycles. The van der Waals surface area contributed by atoms with Crippen LogP contribution in [0.25, 0.3) is 0 Å². The fourth-order valence-corrected chi connectivity index (χ4v) is 3.26. The second kappa shape index (κ2) is 10.9. The first-order chi connectivity index (χ1) is 13.7. The average Bonchev–Trinajstić information content (AvgIpc) is 2.68. The molecule has 3 N–H and O–H groups in total. The second-order valence-corrected chi connectivity index (χ2v) is 6.78. The molecule has 170 valence electrons. The monoisotopic (exact) mass is 448 g/mol. The number of carbonyl (C=O) groups is 1. The van der Waals surface area contributed by atoms with Crippen LogP contribution in [-0.2, 0) is 53.4 Å². The number of methoxy groups -OCH3 is 2. The molecule has 0 aromatic rings. The zero-order valence-corrected chi connectivity index (χ0v) is 16.5. The lowest BCUT2D eigenvalue weighted by Crippen LogP contribution is -2.64. The molecule has 2 saturated heterocycles. The first-order valence-corrected chi connectivity index (χ1v) is 9.47. The Labute approximate surface area is 167 Å². The number of aliphatic hydroxyl groups excluding tert-OH is 3. The molecule has 0 spiro atoms. The maximum atomic E-state index is 10.8. The van der Waals surface area contributed by atoms with Gasteiger partial charge in [0.1, 0.15) is 24.4 Å². The molecule has 2 heterocycles. The Kier molecular flexibility index (Phi) is 9.11. The maximum absolute atomic E-state index is 10.8. The van der Waals surface area contributed by atoms with E-state index in [0.717, 1.165) is 0 Å². The lowest BCUT2D eigenvalue weighted by atomic mass is 9.99. The third kappa shape index (κ3) is 5.59. The zero-order chi connectivity index (χ0) is 21.7. The molecule has 10 atom stereocenters.